The number of ether oxygens (including phenoxy) is 1. The maximum atomic E-state index is 12.9. The number of alkyl carbamates (subject to hydrolysis) is 1. The van der Waals surface area contributed by atoms with Gasteiger partial charge in [0.1, 0.15) is 16.7 Å². The average Bonchev–Trinajstić information content (AvgIpc) is 2.64. The van der Waals surface area contributed by atoms with Crippen molar-refractivity contribution in [2.24, 2.45) is 0 Å². The maximum Gasteiger partial charge on any atom is 0.408 e. The molecule has 0 aliphatic carbocycles. The van der Waals surface area contributed by atoms with Crippen LogP contribution in [0.4, 0.5) is 4.79 Å². The van der Waals surface area contributed by atoms with Crippen LogP contribution in [0.5, 0.6) is 0 Å². The van der Waals surface area contributed by atoms with Crippen molar-refractivity contribution in [3.05, 3.63) is 69.2 Å². The zero-order chi connectivity index (χ0) is 23.4. The van der Waals surface area contributed by atoms with Crippen molar-refractivity contribution in [1.82, 2.24) is 10.6 Å². The molecular weight excluding hydrogens is 484 g/mol. The summed E-state index contributed by atoms with van der Waals surface area (Å²) in [5.41, 5.74) is -2.30. The van der Waals surface area contributed by atoms with Crippen LogP contribution < -0.4 is 10.6 Å². The van der Waals surface area contributed by atoms with E-state index in [2.05, 4.69) is 26.6 Å². The highest BCUT2D eigenvalue weighted by atomic mass is 79.9. The second-order valence-corrected chi connectivity index (χ2v) is 10.2. The van der Waals surface area contributed by atoms with Crippen LogP contribution >= 0.6 is 27.5 Å². The molecular formula is C23H28BrClN2O4. The van der Waals surface area contributed by atoms with E-state index in [1.54, 1.807) is 71.0 Å². The van der Waals surface area contributed by atoms with Gasteiger partial charge in [0.25, 0.3) is 0 Å². The van der Waals surface area contributed by atoms with Gasteiger partial charge in [-0.3, -0.25) is 4.79 Å². The number of nitrogens with one attached hydrogen (secondary N) is 2. The zero-order valence-electron chi connectivity index (χ0n) is 18.3. The maximum absolute atomic E-state index is 12.9. The number of hydrogen-bond acceptors (Lipinski definition) is 4. The van der Waals surface area contributed by atoms with Crippen LogP contribution in [0.1, 0.15) is 45.7 Å². The number of rotatable bonds is 6. The van der Waals surface area contributed by atoms with Crippen molar-refractivity contribution >= 4 is 39.5 Å². The van der Waals surface area contributed by atoms with Gasteiger partial charge in [0, 0.05) is 9.50 Å². The summed E-state index contributed by atoms with van der Waals surface area (Å²) in [6, 6.07) is 13.9. The van der Waals surface area contributed by atoms with E-state index >= 15 is 0 Å². The number of carbonyl (C=O) groups excluding carboxylic acids is 2. The molecule has 31 heavy (non-hydrogen) atoms. The molecule has 2 rings (SSSR count). The van der Waals surface area contributed by atoms with E-state index in [1.807, 2.05) is 12.1 Å². The minimum atomic E-state index is -1.51. The van der Waals surface area contributed by atoms with Crippen molar-refractivity contribution in [2.45, 2.75) is 51.4 Å². The van der Waals surface area contributed by atoms with Crippen LogP contribution in [-0.2, 0) is 15.1 Å². The SMILES string of the molecule is CC(C)(C)OC(=O)NC(C)(C)C(=O)NCC(O)(c1ccc(Cl)cc1)c1ccc(Br)cc1. The monoisotopic (exact) mass is 510 g/mol. The average molecular weight is 512 g/mol. The zero-order valence-corrected chi connectivity index (χ0v) is 20.6. The highest BCUT2D eigenvalue weighted by molar-refractivity contribution is 9.10. The molecule has 8 heteroatoms. The van der Waals surface area contributed by atoms with E-state index in [0.29, 0.717) is 16.1 Å². The minimum absolute atomic E-state index is 0.117. The second-order valence-electron chi connectivity index (χ2n) is 8.81. The van der Waals surface area contributed by atoms with Gasteiger partial charge in [-0.15, -0.1) is 0 Å². The van der Waals surface area contributed by atoms with E-state index < -0.39 is 28.7 Å². The fourth-order valence-electron chi connectivity index (χ4n) is 2.87. The molecule has 168 valence electrons. The lowest BCUT2D eigenvalue weighted by Crippen LogP contribution is -2.57. The van der Waals surface area contributed by atoms with Crippen molar-refractivity contribution in [3.63, 3.8) is 0 Å². The van der Waals surface area contributed by atoms with Crippen LogP contribution in [0.3, 0.4) is 0 Å². The normalized spacial score (nSPS) is 13.8. The summed E-state index contributed by atoms with van der Waals surface area (Å²) < 4.78 is 6.10. The Labute approximate surface area is 196 Å². The number of halogens is 2. The molecule has 0 aliphatic heterocycles. The Kier molecular flexibility index (Phi) is 7.79. The third kappa shape index (κ3) is 6.95. The van der Waals surface area contributed by atoms with E-state index in [1.165, 1.54) is 0 Å². The fraction of sp³-hybridized carbons (Fsp3) is 0.391. The lowest BCUT2D eigenvalue weighted by molar-refractivity contribution is -0.127. The van der Waals surface area contributed by atoms with Crippen LogP contribution in [0.2, 0.25) is 5.02 Å². The first kappa shape index (κ1) is 25.2. The number of carbonyl (C=O) groups is 2. The van der Waals surface area contributed by atoms with Gasteiger partial charge in [-0.05, 0) is 70.0 Å². The van der Waals surface area contributed by atoms with E-state index in [9.17, 15) is 14.7 Å². The number of benzene rings is 2. The molecule has 0 spiro atoms. The Morgan fingerprint density at radius 2 is 1.45 bits per heavy atom. The lowest BCUT2D eigenvalue weighted by atomic mass is 9.86. The quantitative estimate of drug-likeness (QED) is 0.522. The molecule has 0 radical (unpaired) electrons. The first-order valence-corrected chi connectivity index (χ1v) is 10.9. The minimum Gasteiger partial charge on any atom is -0.444 e. The Morgan fingerprint density at radius 3 is 1.94 bits per heavy atom. The molecule has 2 amide bonds. The standard InChI is InChI=1S/C23H28BrClN2O4/c1-21(2,3)31-20(29)27-22(4,5)19(28)26-14-23(30,15-6-10-17(24)11-7-15)16-8-12-18(25)13-9-16/h6-13,30H,14H2,1-5H3,(H,26,28)(H,27,29). The molecule has 0 heterocycles. The van der Waals surface area contributed by atoms with E-state index in [0.717, 1.165) is 4.47 Å². The van der Waals surface area contributed by atoms with Crippen LogP contribution in [0, 0.1) is 0 Å². The molecule has 1 atom stereocenters. The third-order valence-corrected chi connectivity index (χ3v) is 5.31. The van der Waals surface area contributed by atoms with Gasteiger partial charge < -0.3 is 20.5 Å². The van der Waals surface area contributed by atoms with E-state index in [-0.39, 0.29) is 6.54 Å². The molecule has 0 aromatic heterocycles. The molecule has 2 aromatic rings. The first-order valence-electron chi connectivity index (χ1n) is 9.77. The summed E-state index contributed by atoms with van der Waals surface area (Å²) in [7, 11) is 0. The summed E-state index contributed by atoms with van der Waals surface area (Å²) in [4.78, 5) is 25.0. The molecule has 6 nitrogen and oxygen atoms in total. The van der Waals surface area contributed by atoms with Crippen molar-refractivity contribution in [2.75, 3.05) is 6.54 Å². The van der Waals surface area contributed by atoms with E-state index in [4.69, 9.17) is 16.3 Å². The molecule has 3 N–H and O–H groups in total. The smallest absolute Gasteiger partial charge is 0.408 e. The van der Waals surface area contributed by atoms with Crippen molar-refractivity contribution in [3.8, 4) is 0 Å². The molecule has 0 saturated heterocycles. The van der Waals surface area contributed by atoms with Crippen LogP contribution in [0.15, 0.2) is 53.0 Å². The van der Waals surface area contributed by atoms with Crippen LogP contribution in [-0.4, -0.2) is 34.8 Å². The summed E-state index contributed by atoms with van der Waals surface area (Å²) >= 11 is 9.39. The Bertz CT molecular complexity index is 877. The Hall–Kier alpha value is -2.09. The fourth-order valence-corrected chi connectivity index (χ4v) is 3.26. The molecule has 0 aliphatic rings. The van der Waals surface area contributed by atoms with Crippen molar-refractivity contribution in [1.29, 1.82) is 0 Å². The number of amides is 2. The van der Waals surface area contributed by atoms with Gasteiger partial charge in [-0.2, -0.15) is 0 Å². The van der Waals surface area contributed by atoms with Gasteiger partial charge >= 0.3 is 6.09 Å². The summed E-state index contributed by atoms with van der Waals surface area (Å²) in [6.07, 6.45) is -0.700. The van der Waals surface area contributed by atoms with Gasteiger partial charge in [-0.25, -0.2) is 4.79 Å². The second kappa shape index (κ2) is 9.59. The van der Waals surface area contributed by atoms with Gasteiger partial charge in [-0.1, -0.05) is 51.8 Å². The largest absolute Gasteiger partial charge is 0.444 e. The predicted octanol–water partition coefficient (Wildman–Crippen LogP) is 4.76. The highest BCUT2D eigenvalue weighted by Gasteiger charge is 2.36. The van der Waals surface area contributed by atoms with Gasteiger partial charge in [0.05, 0.1) is 6.54 Å². The van der Waals surface area contributed by atoms with Crippen molar-refractivity contribution < 1.29 is 19.4 Å². The van der Waals surface area contributed by atoms with Gasteiger partial charge in [0.2, 0.25) is 5.91 Å². The summed E-state index contributed by atoms with van der Waals surface area (Å²) in [5.74, 6) is -0.470. The predicted molar refractivity (Wildman–Crippen MR) is 125 cm³/mol. The molecule has 2 aromatic carbocycles. The Balaban J connectivity index is 2.23. The summed E-state index contributed by atoms with van der Waals surface area (Å²) in [5, 5.41) is 17.5. The number of aliphatic hydroxyl groups is 1. The molecule has 0 fully saturated rings. The molecule has 0 bridgehead atoms. The summed E-state index contributed by atoms with van der Waals surface area (Å²) in [6.45, 7) is 8.23. The highest BCUT2D eigenvalue weighted by Crippen LogP contribution is 2.31. The number of hydrogen-bond donors (Lipinski definition) is 3. The van der Waals surface area contributed by atoms with Crippen LogP contribution in [0.25, 0.3) is 0 Å². The van der Waals surface area contributed by atoms with Gasteiger partial charge in [0.15, 0.2) is 0 Å². The Morgan fingerprint density at radius 1 is 0.968 bits per heavy atom. The third-order valence-electron chi connectivity index (χ3n) is 4.53. The topological polar surface area (TPSA) is 87.7 Å². The molecule has 1 unspecified atom stereocenters. The first-order chi connectivity index (χ1) is 14.2. The lowest BCUT2D eigenvalue weighted by Gasteiger charge is -2.32. The molecule has 0 saturated carbocycles.